The van der Waals surface area contributed by atoms with E-state index < -0.39 is 18.0 Å². The lowest BCUT2D eigenvalue weighted by Crippen LogP contribution is -2.33. The van der Waals surface area contributed by atoms with Crippen LogP contribution in [0, 0.1) is 5.82 Å². The first-order chi connectivity index (χ1) is 12.5. The number of hydrogen-bond acceptors (Lipinski definition) is 4. The highest BCUT2D eigenvalue weighted by molar-refractivity contribution is 9.11. The van der Waals surface area contributed by atoms with E-state index in [-0.39, 0.29) is 19.0 Å². The highest BCUT2D eigenvalue weighted by Gasteiger charge is 2.32. The fourth-order valence-electron chi connectivity index (χ4n) is 2.58. The number of anilines is 1. The average molecular weight is 423 g/mol. The second-order valence-electron chi connectivity index (χ2n) is 5.68. The van der Waals surface area contributed by atoms with Crippen molar-refractivity contribution < 1.29 is 18.7 Å². The summed E-state index contributed by atoms with van der Waals surface area (Å²) in [5, 5.41) is 2.60. The van der Waals surface area contributed by atoms with Gasteiger partial charge in [0.25, 0.3) is 0 Å². The van der Waals surface area contributed by atoms with E-state index >= 15 is 0 Å². The molecule has 0 aliphatic carbocycles. The number of benzene rings is 1. The second kappa shape index (κ2) is 7.69. The Morgan fingerprint density at radius 2 is 2.38 bits per heavy atom. The number of imidazole rings is 1. The fraction of sp³-hybridized carbons (Fsp3) is 0.235. The Balaban J connectivity index is 1.76. The number of ether oxygens (including phenoxy) is 1. The van der Waals surface area contributed by atoms with Crippen molar-refractivity contribution in [2.45, 2.75) is 13.0 Å². The van der Waals surface area contributed by atoms with Gasteiger partial charge in [-0.15, -0.1) is 0 Å². The van der Waals surface area contributed by atoms with Crippen LogP contribution in [0.5, 0.6) is 0 Å². The first-order valence-corrected chi connectivity index (χ1v) is 8.74. The maximum atomic E-state index is 14.5. The highest BCUT2D eigenvalue weighted by Crippen LogP contribution is 2.28. The van der Waals surface area contributed by atoms with Crippen LogP contribution in [0.1, 0.15) is 12.6 Å². The van der Waals surface area contributed by atoms with Gasteiger partial charge in [-0.2, -0.15) is 0 Å². The number of nitrogens with one attached hydrogen (secondary N) is 2. The molecule has 0 radical (unpaired) electrons. The van der Waals surface area contributed by atoms with E-state index in [0.29, 0.717) is 22.8 Å². The minimum atomic E-state index is -0.574. The Kier molecular flexibility index (Phi) is 5.36. The molecule has 26 heavy (non-hydrogen) atoms. The number of rotatable bonds is 5. The summed E-state index contributed by atoms with van der Waals surface area (Å²) in [6.45, 7) is 1.84. The van der Waals surface area contributed by atoms with Gasteiger partial charge in [0.05, 0.1) is 30.0 Å². The van der Waals surface area contributed by atoms with Crippen molar-refractivity contribution >= 4 is 39.7 Å². The van der Waals surface area contributed by atoms with Gasteiger partial charge in [-0.25, -0.2) is 14.2 Å². The summed E-state index contributed by atoms with van der Waals surface area (Å²) in [6, 6.07) is 4.45. The molecule has 2 amide bonds. The van der Waals surface area contributed by atoms with Crippen LogP contribution in [-0.4, -0.2) is 41.2 Å². The maximum Gasteiger partial charge on any atom is 0.414 e. The van der Waals surface area contributed by atoms with Gasteiger partial charge < -0.3 is 15.0 Å². The summed E-state index contributed by atoms with van der Waals surface area (Å²) in [5.41, 5.74) is 1.34. The largest absolute Gasteiger partial charge is 0.442 e. The van der Waals surface area contributed by atoms with Crippen LogP contribution in [0.2, 0.25) is 0 Å². The van der Waals surface area contributed by atoms with E-state index in [1.165, 1.54) is 17.9 Å². The van der Waals surface area contributed by atoms with E-state index in [0.717, 1.165) is 0 Å². The quantitative estimate of drug-likeness (QED) is 0.774. The van der Waals surface area contributed by atoms with Gasteiger partial charge in [-0.05, 0) is 29.3 Å². The Bertz CT molecular complexity index is 867. The number of nitrogens with zero attached hydrogens (tertiary/aromatic N) is 2. The number of cyclic esters (lactones) is 1. The minimum Gasteiger partial charge on any atom is -0.442 e. The maximum absolute atomic E-state index is 14.5. The Labute approximate surface area is 157 Å². The molecule has 1 aromatic heterocycles. The molecule has 0 saturated carbocycles. The molecule has 0 spiro atoms. The lowest BCUT2D eigenvalue weighted by molar-refractivity contribution is -0.119. The van der Waals surface area contributed by atoms with Gasteiger partial charge in [-0.3, -0.25) is 9.69 Å². The molecule has 3 rings (SSSR count). The topological polar surface area (TPSA) is 87.3 Å². The number of H-pyrrole nitrogens is 1. The van der Waals surface area contributed by atoms with Crippen molar-refractivity contribution in [3.63, 3.8) is 0 Å². The molecule has 7 nitrogen and oxygen atoms in total. The van der Waals surface area contributed by atoms with Gasteiger partial charge in [-0.1, -0.05) is 15.9 Å². The molecule has 1 atom stereocenters. The van der Waals surface area contributed by atoms with Gasteiger partial charge >= 0.3 is 6.09 Å². The molecule has 0 bridgehead atoms. The SMILES string of the molecule is CC(=O)NC[C@H]1CN(c2ccc(-c3nc(C=CBr)c[nH]3)c(F)c2)C(=O)O1. The van der Waals surface area contributed by atoms with Gasteiger partial charge in [0.1, 0.15) is 17.7 Å². The van der Waals surface area contributed by atoms with Crippen LogP contribution < -0.4 is 10.2 Å². The van der Waals surface area contributed by atoms with Crippen molar-refractivity contribution in [1.82, 2.24) is 15.3 Å². The third kappa shape index (κ3) is 3.93. The Hall–Kier alpha value is -2.68. The molecule has 1 aliphatic rings. The van der Waals surface area contributed by atoms with E-state index in [4.69, 9.17) is 4.74 Å². The summed E-state index contributed by atoms with van der Waals surface area (Å²) >= 11 is 3.16. The zero-order chi connectivity index (χ0) is 18.7. The van der Waals surface area contributed by atoms with Crippen LogP contribution >= 0.6 is 15.9 Å². The summed E-state index contributed by atoms with van der Waals surface area (Å²) in [4.78, 5) is 33.1. The molecule has 2 N–H and O–H groups in total. The minimum absolute atomic E-state index is 0.206. The third-order valence-electron chi connectivity index (χ3n) is 3.80. The van der Waals surface area contributed by atoms with Gasteiger partial charge in [0, 0.05) is 13.1 Å². The van der Waals surface area contributed by atoms with E-state index in [2.05, 4.69) is 31.2 Å². The molecule has 136 valence electrons. The van der Waals surface area contributed by atoms with Crippen LogP contribution in [0.4, 0.5) is 14.9 Å². The predicted molar refractivity (Wildman–Crippen MR) is 98.2 cm³/mol. The lowest BCUT2D eigenvalue weighted by atomic mass is 10.1. The highest BCUT2D eigenvalue weighted by atomic mass is 79.9. The lowest BCUT2D eigenvalue weighted by Gasteiger charge is -2.14. The molecule has 1 aromatic carbocycles. The molecule has 0 unspecified atom stereocenters. The second-order valence-corrected chi connectivity index (χ2v) is 6.21. The van der Waals surface area contributed by atoms with Crippen LogP contribution in [-0.2, 0) is 9.53 Å². The first-order valence-electron chi connectivity index (χ1n) is 7.82. The number of carbonyl (C=O) groups excluding carboxylic acids is 2. The molecule has 1 aliphatic heterocycles. The van der Waals surface area contributed by atoms with Crippen molar-refractivity contribution in [3.8, 4) is 11.4 Å². The van der Waals surface area contributed by atoms with Gasteiger partial charge in [0.2, 0.25) is 5.91 Å². The number of aromatic amines is 1. The number of amides is 2. The molecule has 1 fully saturated rings. The Morgan fingerprint density at radius 1 is 1.58 bits per heavy atom. The fourth-order valence-corrected chi connectivity index (χ4v) is 2.85. The van der Waals surface area contributed by atoms with Crippen molar-refractivity contribution in [1.29, 1.82) is 0 Å². The molecule has 9 heteroatoms. The number of halogens is 2. The number of aromatic nitrogens is 2. The van der Waals surface area contributed by atoms with Crippen LogP contribution in [0.25, 0.3) is 17.5 Å². The van der Waals surface area contributed by atoms with Crippen molar-refractivity contribution in [2.75, 3.05) is 18.0 Å². The van der Waals surface area contributed by atoms with Crippen LogP contribution in [0.3, 0.4) is 0 Å². The van der Waals surface area contributed by atoms with Crippen molar-refractivity contribution in [2.24, 2.45) is 0 Å². The molecule has 1 saturated heterocycles. The smallest absolute Gasteiger partial charge is 0.414 e. The summed E-state index contributed by atoms with van der Waals surface area (Å²) in [5.74, 6) is -0.325. The molecule has 2 heterocycles. The van der Waals surface area contributed by atoms with Gasteiger partial charge in [0.15, 0.2) is 0 Å². The van der Waals surface area contributed by atoms with E-state index in [9.17, 15) is 14.0 Å². The van der Waals surface area contributed by atoms with E-state index in [1.54, 1.807) is 29.4 Å². The number of carbonyl (C=O) groups is 2. The Morgan fingerprint density at radius 3 is 3.08 bits per heavy atom. The summed E-state index contributed by atoms with van der Waals surface area (Å²) in [6.07, 6.45) is 2.33. The summed E-state index contributed by atoms with van der Waals surface area (Å²) in [7, 11) is 0. The predicted octanol–water partition coefficient (Wildman–Crippen LogP) is 3.04. The first kappa shape index (κ1) is 18.1. The van der Waals surface area contributed by atoms with Crippen LogP contribution in [0.15, 0.2) is 29.4 Å². The molecular formula is C17H16BrFN4O3. The molecule has 2 aromatic rings. The monoisotopic (exact) mass is 422 g/mol. The number of hydrogen-bond donors (Lipinski definition) is 2. The zero-order valence-electron chi connectivity index (χ0n) is 13.8. The van der Waals surface area contributed by atoms with Crippen molar-refractivity contribution in [3.05, 3.63) is 40.9 Å². The third-order valence-corrected chi connectivity index (χ3v) is 4.07. The average Bonchev–Trinajstić information content (AvgIpc) is 3.20. The van der Waals surface area contributed by atoms with E-state index in [1.807, 2.05) is 0 Å². The normalized spacial score (nSPS) is 17.0. The summed E-state index contributed by atoms with van der Waals surface area (Å²) < 4.78 is 19.7. The zero-order valence-corrected chi connectivity index (χ0v) is 15.4. The standard InChI is InChI=1S/C17H16BrFN4O3/c1-10(24)20-8-13-9-23(17(25)26-13)12-2-3-14(15(19)6-12)16-21-7-11(22-16)4-5-18/h2-7,13H,8-9H2,1H3,(H,20,24)(H,21,22)/t13-/m0/s1. The molecular weight excluding hydrogens is 407 g/mol.